The maximum atomic E-state index is 13.7. The molecule has 0 radical (unpaired) electrons. The van der Waals surface area contributed by atoms with Gasteiger partial charge in [-0.25, -0.2) is 8.78 Å². The van der Waals surface area contributed by atoms with Crippen molar-refractivity contribution in [2.75, 3.05) is 5.73 Å². The molecule has 0 spiro atoms. The minimum Gasteiger partial charge on any atom is -0.454 e. The van der Waals surface area contributed by atoms with Gasteiger partial charge < -0.3 is 16.2 Å². The summed E-state index contributed by atoms with van der Waals surface area (Å²) in [5.41, 5.74) is 10.1. The van der Waals surface area contributed by atoms with Crippen LogP contribution in [0.3, 0.4) is 0 Å². The molecule has 0 aliphatic carbocycles. The van der Waals surface area contributed by atoms with Crippen molar-refractivity contribution in [2.24, 2.45) is 5.73 Å². The van der Waals surface area contributed by atoms with E-state index in [9.17, 15) is 13.6 Å². The lowest BCUT2D eigenvalue weighted by Crippen LogP contribution is -2.14. The fourth-order valence-corrected chi connectivity index (χ4v) is 1.64. The van der Waals surface area contributed by atoms with Crippen LogP contribution >= 0.6 is 0 Å². The molecule has 0 bridgehead atoms. The number of ether oxygens (including phenoxy) is 1. The van der Waals surface area contributed by atoms with Gasteiger partial charge in [0.2, 0.25) is 0 Å². The number of rotatable bonds is 3. The van der Waals surface area contributed by atoms with E-state index in [1.807, 2.05) is 0 Å². The monoisotopic (exact) mass is 289 g/mol. The lowest BCUT2D eigenvalue weighted by atomic mass is 10.1. The van der Waals surface area contributed by atoms with Gasteiger partial charge >= 0.3 is 0 Å². The molecule has 0 atom stereocenters. The number of hydrogen-bond acceptors (Lipinski definition) is 4. The van der Waals surface area contributed by atoms with Crippen molar-refractivity contribution in [3.63, 3.8) is 0 Å². The number of amides is 1. The molecule has 1 amide bonds. The number of carbonyl (C=O) groups excluding carboxylic acids is 1. The molecule has 0 saturated carbocycles. The minimum absolute atomic E-state index is 0.0365. The number of nitrogen functional groups attached to an aromatic ring is 1. The highest BCUT2D eigenvalue weighted by molar-refractivity contribution is 5.98. The Bertz CT molecular complexity index is 770. The van der Waals surface area contributed by atoms with E-state index in [1.165, 1.54) is 12.1 Å². The summed E-state index contributed by atoms with van der Waals surface area (Å²) in [6.07, 6.45) is 0. The minimum atomic E-state index is -0.844. The van der Waals surface area contributed by atoms with Gasteiger partial charge in [-0.2, -0.15) is 5.26 Å². The second-order valence-corrected chi connectivity index (χ2v) is 4.09. The van der Waals surface area contributed by atoms with E-state index in [4.69, 9.17) is 21.5 Å². The Labute approximate surface area is 118 Å². The fraction of sp³-hybridized carbons (Fsp3) is 0. The van der Waals surface area contributed by atoms with Gasteiger partial charge in [0, 0.05) is 17.8 Å². The van der Waals surface area contributed by atoms with Gasteiger partial charge in [-0.05, 0) is 18.2 Å². The number of anilines is 1. The average Bonchev–Trinajstić information content (AvgIpc) is 2.41. The molecule has 4 N–H and O–H groups in total. The fourth-order valence-electron chi connectivity index (χ4n) is 1.64. The van der Waals surface area contributed by atoms with Crippen molar-refractivity contribution < 1.29 is 18.3 Å². The lowest BCUT2D eigenvalue weighted by molar-refractivity contribution is 0.100. The van der Waals surface area contributed by atoms with E-state index in [2.05, 4.69) is 0 Å². The predicted octanol–water partition coefficient (Wildman–Crippen LogP) is 2.31. The largest absolute Gasteiger partial charge is 0.454 e. The van der Waals surface area contributed by atoms with Gasteiger partial charge in [0.1, 0.15) is 17.6 Å². The summed E-state index contributed by atoms with van der Waals surface area (Å²) < 4.78 is 32.3. The molecule has 0 aliphatic rings. The third kappa shape index (κ3) is 2.90. The van der Waals surface area contributed by atoms with E-state index in [0.717, 1.165) is 18.2 Å². The summed E-state index contributed by atoms with van der Waals surface area (Å²) >= 11 is 0. The maximum absolute atomic E-state index is 13.7. The van der Waals surface area contributed by atoms with Gasteiger partial charge in [-0.15, -0.1) is 0 Å². The van der Waals surface area contributed by atoms with Crippen molar-refractivity contribution in [1.29, 1.82) is 5.26 Å². The van der Waals surface area contributed by atoms with Crippen LogP contribution < -0.4 is 16.2 Å². The number of nitriles is 1. The molecule has 0 unspecified atom stereocenters. The van der Waals surface area contributed by atoms with Crippen molar-refractivity contribution in [1.82, 2.24) is 0 Å². The van der Waals surface area contributed by atoms with Crippen LogP contribution in [0.4, 0.5) is 14.5 Å². The van der Waals surface area contributed by atoms with Crippen LogP contribution in [-0.2, 0) is 0 Å². The third-order valence-corrected chi connectivity index (χ3v) is 2.66. The van der Waals surface area contributed by atoms with Crippen LogP contribution in [0.25, 0.3) is 0 Å². The molecule has 21 heavy (non-hydrogen) atoms. The summed E-state index contributed by atoms with van der Waals surface area (Å²) in [5.74, 6) is -2.85. The molecule has 0 fully saturated rings. The molecule has 0 saturated heterocycles. The number of benzene rings is 2. The van der Waals surface area contributed by atoms with Crippen molar-refractivity contribution >= 4 is 11.6 Å². The first-order valence-corrected chi connectivity index (χ1v) is 5.68. The number of nitrogens with two attached hydrogens (primary N) is 2. The van der Waals surface area contributed by atoms with Crippen LogP contribution in [0.15, 0.2) is 30.3 Å². The molecule has 0 heterocycles. The summed E-state index contributed by atoms with van der Waals surface area (Å²) in [4.78, 5) is 11.1. The zero-order valence-corrected chi connectivity index (χ0v) is 10.6. The Morgan fingerprint density at radius 2 is 1.90 bits per heavy atom. The van der Waals surface area contributed by atoms with Gasteiger partial charge in [0.25, 0.3) is 5.91 Å². The van der Waals surface area contributed by atoms with E-state index in [1.54, 1.807) is 6.07 Å². The van der Waals surface area contributed by atoms with E-state index < -0.39 is 17.5 Å². The highest BCUT2D eigenvalue weighted by Crippen LogP contribution is 2.29. The lowest BCUT2D eigenvalue weighted by Gasteiger charge is -2.10. The first kappa shape index (κ1) is 14.3. The van der Waals surface area contributed by atoms with Gasteiger partial charge in [0.05, 0.1) is 11.1 Å². The zero-order chi connectivity index (χ0) is 15.6. The first-order valence-electron chi connectivity index (χ1n) is 5.68. The Kier molecular flexibility index (Phi) is 3.71. The Balaban J connectivity index is 2.40. The summed E-state index contributed by atoms with van der Waals surface area (Å²) in [7, 11) is 0. The maximum Gasteiger partial charge on any atom is 0.250 e. The first-order chi connectivity index (χ1) is 9.92. The summed E-state index contributed by atoms with van der Waals surface area (Å²) in [6.45, 7) is 0. The normalized spacial score (nSPS) is 9.95. The van der Waals surface area contributed by atoms with Crippen LogP contribution in [0.5, 0.6) is 11.5 Å². The molecule has 0 aromatic heterocycles. The van der Waals surface area contributed by atoms with E-state index in [-0.39, 0.29) is 28.3 Å². The van der Waals surface area contributed by atoms with Crippen LogP contribution in [-0.4, -0.2) is 5.91 Å². The molecular weight excluding hydrogens is 280 g/mol. The number of primary amides is 1. The molecule has 7 heteroatoms. The number of hydrogen-bond donors (Lipinski definition) is 2. The summed E-state index contributed by atoms with van der Waals surface area (Å²) in [6, 6.07) is 6.97. The highest BCUT2D eigenvalue weighted by atomic mass is 19.1. The van der Waals surface area contributed by atoms with Crippen molar-refractivity contribution in [3.8, 4) is 17.6 Å². The quantitative estimate of drug-likeness (QED) is 0.846. The smallest absolute Gasteiger partial charge is 0.250 e. The number of nitrogens with zero attached hydrogens (tertiary/aromatic N) is 1. The van der Waals surface area contributed by atoms with Crippen LogP contribution in [0.1, 0.15) is 15.9 Å². The van der Waals surface area contributed by atoms with E-state index >= 15 is 0 Å². The molecule has 2 rings (SSSR count). The van der Waals surface area contributed by atoms with Crippen molar-refractivity contribution in [3.05, 3.63) is 53.1 Å². The van der Waals surface area contributed by atoms with Gasteiger partial charge in [-0.3, -0.25) is 4.79 Å². The molecule has 2 aromatic rings. The SMILES string of the molecule is N#Cc1ccc(Oc2cc(C(N)=O)c(N)cc2F)cc1F. The van der Waals surface area contributed by atoms with E-state index in [0.29, 0.717) is 0 Å². The second kappa shape index (κ2) is 5.46. The Morgan fingerprint density at radius 1 is 1.19 bits per heavy atom. The third-order valence-electron chi connectivity index (χ3n) is 2.66. The highest BCUT2D eigenvalue weighted by Gasteiger charge is 2.14. The van der Waals surface area contributed by atoms with Gasteiger partial charge in [-0.1, -0.05) is 0 Å². The Hall–Kier alpha value is -3.14. The van der Waals surface area contributed by atoms with Gasteiger partial charge in [0.15, 0.2) is 11.6 Å². The average molecular weight is 289 g/mol. The number of carbonyl (C=O) groups is 1. The predicted molar refractivity (Wildman–Crippen MR) is 70.5 cm³/mol. The topological polar surface area (TPSA) is 102 Å². The summed E-state index contributed by atoms with van der Waals surface area (Å²) in [5, 5.41) is 8.62. The zero-order valence-electron chi connectivity index (χ0n) is 10.6. The molecule has 5 nitrogen and oxygen atoms in total. The number of halogens is 2. The molecule has 106 valence electrons. The molecule has 2 aromatic carbocycles. The van der Waals surface area contributed by atoms with Crippen molar-refractivity contribution in [2.45, 2.75) is 0 Å². The Morgan fingerprint density at radius 3 is 2.48 bits per heavy atom. The van der Waals surface area contributed by atoms with Crippen LogP contribution in [0.2, 0.25) is 0 Å². The molecule has 0 aliphatic heterocycles. The standard InChI is InChI=1S/C14H9F2N3O2/c15-10-3-8(2-1-7(10)6-17)21-13-4-9(14(19)20)12(18)5-11(13)16/h1-5H,18H2,(H2,19,20). The molecular formula is C14H9F2N3O2. The second-order valence-electron chi connectivity index (χ2n) is 4.09. The van der Waals surface area contributed by atoms with Crippen LogP contribution in [0, 0.1) is 23.0 Å².